The molecular formula is C20H28N2O3. The van der Waals surface area contributed by atoms with Gasteiger partial charge in [0.2, 0.25) is 11.8 Å². The molecule has 1 aromatic rings. The zero-order valence-electron chi connectivity index (χ0n) is 15.4. The van der Waals surface area contributed by atoms with E-state index in [2.05, 4.69) is 12.2 Å². The second-order valence-electron chi connectivity index (χ2n) is 7.46. The maximum atomic E-state index is 12.7. The van der Waals surface area contributed by atoms with E-state index < -0.39 is 0 Å². The van der Waals surface area contributed by atoms with Crippen molar-refractivity contribution in [2.75, 3.05) is 18.6 Å². The van der Waals surface area contributed by atoms with Gasteiger partial charge in [-0.3, -0.25) is 9.59 Å². The third-order valence-corrected chi connectivity index (χ3v) is 5.56. The van der Waals surface area contributed by atoms with Gasteiger partial charge in [-0.15, -0.1) is 0 Å². The van der Waals surface area contributed by atoms with Crippen LogP contribution in [0.5, 0.6) is 5.75 Å². The Morgan fingerprint density at radius 2 is 2.04 bits per heavy atom. The number of methoxy groups -OCH3 is 1. The molecule has 25 heavy (non-hydrogen) atoms. The van der Waals surface area contributed by atoms with Crippen LogP contribution in [0.25, 0.3) is 0 Å². The van der Waals surface area contributed by atoms with Gasteiger partial charge in [-0.25, -0.2) is 0 Å². The van der Waals surface area contributed by atoms with Crippen LogP contribution in [0.3, 0.4) is 0 Å². The molecule has 1 saturated carbocycles. The van der Waals surface area contributed by atoms with E-state index in [0.29, 0.717) is 18.2 Å². The predicted octanol–water partition coefficient (Wildman–Crippen LogP) is 3.05. The van der Waals surface area contributed by atoms with Crippen LogP contribution in [-0.4, -0.2) is 31.5 Å². The predicted molar refractivity (Wildman–Crippen MR) is 97.8 cm³/mol. The maximum absolute atomic E-state index is 12.7. The smallest absolute Gasteiger partial charge is 0.227 e. The van der Waals surface area contributed by atoms with Gasteiger partial charge in [-0.1, -0.05) is 25.8 Å². The molecule has 136 valence electrons. The Kier molecular flexibility index (Phi) is 5.30. The summed E-state index contributed by atoms with van der Waals surface area (Å²) in [4.78, 5) is 26.9. The maximum Gasteiger partial charge on any atom is 0.227 e. The van der Waals surface area contributed by atoms with Crippen molar-refractivity contribution in [3.8, 4) is 5.75 Å². The molecule has 1 heterocycles. The van der Waals surface area contributed by atoms with Gasteiger partial charge in [0.15, 0.2) is 0 Å². The van der Waals surface area contributed by atoms with E-state index in [1.165, 1.54) is 19.3 Å². The first-order valence-electron chi connectivity index (χ1n) is 9.25. The van der Waals surface area contributed by atoms with Gasteiger partial charge in [0.25, 0.3) is 0 Å². The van der Waals surface area contributed by atoms with E-state index in [0.717, 1.165) is 17.7 Å². The molecule has 0 radical (unpaired) electrons. The van der Waals surface area contributed by atoms with Crippen molar-refractivity contribution in [2.24, 2.45) is 11.8 Å². The number of carbonyl (C=O) groups is 2. The van der Waals surface area contributed by atoms with E-state index in [9.17, 15) is 9.59 Å². The first-order chi connectivity index (χ1) is 12.0. The average molecular weight is 344 g/mol. The largest absolute Gasteiger partial charge is 0.495 e. The Hall–Kier alpha value is -2.04. The van der Waals surface area contributed by atoms with Crippen molar-refractivity contribution in [1.82, 2.24) is 5.32 Å². The SMILES string of the molecule is COc1ccc(C)cc1N1CC(C(=O)NC2CCCCC2C)CC1=O. The van der Waals surface area contributed by atoms with Crippen molar-refractivity contribution in [1.29, 1.82) is 0 Å². The lowest BCUT2D eigenvalue weighted by Gasteiger charge is -2.30. The molecule has 2 fully saturated rings. The fourth-order valence-electron chi connectivity index (χ4n) is 3.96. The number of hydrogen-bond donors (Lipinski definition) is 1. The van der Waals surface area contributed by atoms with Crippen LogP contribution in [0.1, 0.15) is 44.6 Å². The molecule has 1 aliphatic heterocycles. The first-order valence-corrected chi connectivity index (χ1v) is 9.25. The molecule has 0 bridgehead atoms. The highest BCUT2D eigenvalue weighted by atomic mass is 16.5. The van der Waals surface area contributed by atoms with Crippen LogP contribution >= 0.6 is 0 Å². The quantitative estimate of drug-likeness (QED) is 0.913. The van der Waals surface area contributed by atoms with Crippen molar-refractivity contribution in [3.05, 3.63) is 23.8 Å². The van der Waals surface area contributed by atoms with Crippen LogP contribution in [0.4, 0.5) is 5.69 Å². The lowest BCUT2D eigenvalue weighted by atomic mass is 9.85. The second kappa shape index (κ2) is 7.46. The molecule has 1 saturated heterocycles. The number of nitrogens with zero attached hydrogens (tertiary/aromatic N) is 1. The number of hydrogen-bond acceptors (Lipinski definition) is 3. The molecule has 1 aliphatic carbocycles. The van der Waals surface area contributed by atoms with E-state index >= 15 is 0 Å². The molecule has 3 unspecified atom stereocenters. The fourth-order valence-corrected chi connectivity index (χ4v) is 3.96. The highest BCUT2D eigenvalue weighted by molar-refractivity contribution is 6.01. The molecule has 5 heteroatoms. The number of nitrogens with one attached hydrogen (secondary N) is 1. The van der Waals surface area contributed by atoms with Crippen molar-refractivity contribution < 1.29 is 14.3 Å². The van der Waals surface area contributed by atoms with Crippen LogP contribution in [-0.2, 0) is 9.59 Å². The first kappa shape index (κ1) is 17.8. The normalized spacial score (nSPS) is 26.6. The molecule has 1 aromatic carbocycles. The average Bonchev–Trinajstić information content (AvgIpc) is 2.98. The minimum atomic E-state index is -0.285. The van der Waals surface area contributed by atoms with Crippen LogP contribution < -0.4 is 15.0 Å². The second-order valence-corrected chi connectivity index (χ2v) is 7.46. The Morgan fingerprint density at radius 3 is 2.76 bits per heavy atom. The van der Waals surface area contributed by atoms with Crippen LogP contribution in [0, 0.1) is 18.8 Å². The summed E-state index contributed by atoms with van der Waals surface area (Å²) in [5, 5.41) is 3.19. The van der Waals surface area contributed by atoms with Crippen molar-refractivity contribution in [3.63, 3.8) is 0 Å². The number of rotatable bonds is 4. The molecule has 5 nitrogen and oxygen atoms in total. The summed E-state index contributed by atoms with van der Waals surface area (Å²) < 4.78 is 5.40. The molecule has 3 rings (SSSR count). The number of amides is 2. The Labute approximate surface area is 149 Å². The number of anilines is 1. The molecule has 0 aromatic heterocycles. The number of carbonyl (C=O) groups excluding carboxylic acids is 2. The zero-order chi connectivity index (χ0) is 18.0. The van der Waals surface area contributed by atoms with Crippen molar-refractivity contribution >= 4 is 17.5 Å². The lowest BCUT2D eigenvalue weighted by molar-refractivity contribution is -0.127. The number of benzene rings is 1. The molecule has 2 aliphatic rings. The molecule has 2 amide bonds. The van der Waals surface area contributed by atoms with Gasteiger partial charge in [0, 0.05) is 19.0 Å². The lowest BCUT2D eigenvalue weighted by Crippen LogP contribution is -2.44. The standard InChI is InChI=1S/C20H28N2O3/c1-13-8-9-18(25-3)17(10-13)22-12-15(11-19(22)23)20(24)21-16-7-5-4-6-14(16)2/h8-10,14-16H,4-7,11-12H2,1-3H3,(H,21,24). The van der Waals surface area contributed by atoms with Crippen LogP contribution in [0.2, 0.25) is 0 Å². The van der Waals surface area contributed by atoms with Gasteiger partial charge in [0.05, 0.1) is 18.7 Å². The van der Waals surface area contributed by atoms with E-state index in [1.54, 1.807) is 12.0 Å². The third kappa shape index (κ3) is 3.80. The summed E-state index contributed by atoms with van der Waals surface area (Å²) in [5.41, 5.74) is 1.82. The summed E-state index contributed by atoms with van der Waals surface area (Å²) in [7, 11) is 1.60. The number of aryl methyl sites for hydroxylation is 1. The number of ether oxygens (including phenoxy) is 1. The summed E-state index contributed by atoms with van der Waals surface area (Å²) in [6.07, 6.45) is 4.90. The van der Waals surface area contributed by atoms with Gasteiger partial charge >= 0.3 is 0 Å². The minimum Gasteiger partial charge on any atom is -0.495 e. The Balaban J connectivity index is 1.70. The molecule has 1 N–H and O–H groups in total. The summed E-state index contributed by atoms with van der Waals surface area (Å²) in [6.45, 7) is 4.61. The minimum absolute atomic E-state index is 0.0132. The topological polar surface area (TPSA) is 58.6 Å². The summed E-state index contributed by atoms with van der Waals surface area (Å²) in [6, 6.07) is 6.02. The monoisotopic (exact) mass is 344 g/mol. The summed E-state index contributed by atoms with van der Waals surface area (Å²) >= 11 is 0. The highest BCUT2D eigenvalue weighted by Crippen LogP contribution is 2.34. The van der Waals surface area contributed by atoms with Gasteiger partial charge in [-0.2, -0.15) is 0 Å². The van der Waals surface area contributed by atoms with Crippen molar-refractivity contribution in [2.45, 2.75) is 52.0 Å². The molecular weight excluding hydrogens is 316 g/mol. The molecule has 0 spiro atoms. The Morgan fingerprint density at radius 1 is 1.28 bits per heavy atom. The van der Waals surface area contributed by atoms with E-state index in [-0.39, 0.29) is 30.2 Å². The zero-order valence-corrected chi connectivity index (χ0v) is 15.4. The van der Waals surface area contributed by atoms with E-state index in [1.807, 2.05) is 25.1 Å². The summed E-state index contributed by atoms with van der Waals surface area (Å²) in [5.74, 6) is 0.900. The van der Waals surface area contributed by atoms with Gasteiger partial charge in [-0.05, 0) is 43.4 Å². The van der Waals surface area contributed by atoms with E-state index in [4.69, 9.17) is 4.74 Å². The van der Waals surface area contributed by atoms with Gasteiger partial charge < -0.3 is 15.0 Å². The van der Waals surface area contributed by atoms with Gasteiger partial charge in [0.1, 0.15) is 5.75 Å². The fraction of sp³-hybridized carbons (Fsp3) is 0.600. The van der Waals surface area contributed by atoms with Crippen LogP contribution in [0.15, 0.2) is 18.2 Å². The highest BCUT2D eigenvalue weighted by Gasteiger charge is 2.37. The third-order valence-electron chi connectivity index (χ3n) is 5.56. The Bertz CT molecular complexity index is 658. The molecule has 3 atom stereocenters.